The highest BCUT2D eigenvalue weighted by molar-refractivity contribution is 6.29. The Hall–Kier alpha value is -1.62. The van der Waals surface area contributed by atoms with E-state index in [2.05, 4.69) is 10.3 Å². The lowest BCUT2D eigenvalue weighted by atomic mass is 10.2. The second-order valence-electron chi connectivity index (χ2n) is 5.34. The fraction of sp³-hybridized carbons (Fsp3) is 0.533. The predicted octanol–water partition coefficient (Wildman–Crippen LogP) is 2.04. The molecule has 1 fully saturated rings. The van der Waals surface area contributed by atoms with Crippen molar-refractivity contribution in [2.24, 2.45) is 0 Å². The summed E-state index contributed by atoms with van der Waals surface area (Å²) in [7, 11) is 0. The molecule has 1 aliphatic heterocycles. The highest BCUT2D eigenvalue weighted by Gasteiger charge is 2.22. The van der Waals surface area contributed by atoms with Crippen LogP contribution in [-0.4, -0.2) is 40.8 Å². The van der Waals surface area contributed by atoms with Crippen molar-refractivity contribution >= 4 is 23.4 Å². The van der Waals surface area contributed by atoms with Crippen molar-refractivity contribution in [3.05, 3.63) is 28.5 Å². The summed E-state index contributed by atoms with van der Waals surface area (Å²) in [5, 5.41) is 3.22. The third-order valence-electron chi connectivity index (χ3n) is 3.51. The van der Waals surface area contributed by atoms with E-state index in [0.29, 0.717) is 23.7 Å². The molecule has 21 heavy (non-hydrogen) atoms. The molecule has 0 bridgehead atoms. The molecule has 1 unspecified atom stereocenters. The third-order valence-corrected chi connectivity index (χ3v) is 3.71. The van der Waals surface area contributed by atoms with Crippen molar-refractivity contribution in [2.75, 3.05) is 13.1 Å². The molecule has 1 aromatic rings. The van der Waals surface area contributed by atoms with E-state index in [1.54, 1.807) is 17.0 Å². The summed E-state index contributed by atoms with van der Waals surface area (Å²) >= 11 is 5.92. The molecule has 0 aliphatic carbocycles. The number of carbonyl (C=O) groups excluding carboxylic acids is 2. The van der Waals surface area contributed by atoms with Gasteiger partial charge in [-0.2, -0.15) is 0 Å². The average molecular weight is 310 g/mol. The molecule has 6 heteroatoms. The van der Waals surface area contributed by atoms with E-state index >= 15 is 0 Å². The van der Waals surface area contributed by atoms with Gasteiger partial charge in [-0.3, -0.25) is 9.59 Å². The lowest BCUT2D eigenvalue weighted by molar-refractivity contribution is -0.127. The van der Waals surface area contributed by atoms with Gasteiger partial charge in [0.15, 0.2) is 0 Å². The quantitative estimate of drug-likeness (QED) is 0.847. The number of hydrogen-bond donors (Lipinski definition) is 1. The number of nitrogens with zero attached hydrogens (tertiary/aromatic N) is 2. The molecular weight excluding hydrogens is 290 g/mol. The van der Waals surface area contributed by atoms with E-state index in [0.717, 1.165) is 25.1 Å². The molecule has 2 heterocycles. The second kappa shape index (κ2) is 6.89. The zero-order valence-electron chi connectivity index (χ0n) is 12.4. The van der Waals surface area contributed by atoms with Gasteiger partial charge in [0.2, 0.25) is 5.91 Å². The van der Waals surface area contributed by atoms with Gasteiger partial charge in [0.25, 0.3) is 5.91 Å². The SMILES string of the molecule is CCc1cc(C(=O)NC(C)CN2CCCC2=O)cc(Cl)n1. The molecule has 0 spiro atoms. The number of pyridine rings is 1. The van der Waals surface area contributed by atoms with Gasteiger partial charge >= 0.3 is 0 Å². The minimum absolute atomic E-state index is 0.100. The first-order chi connectivity index (χ1) is 9.99. The molecule has 114 valence electrons. The monoisotopic (exact) mass is 309 g/mol. The largest absolute Gasteiger partial charge is 0.348 e. The van der Waals surface area contributed by atoms with E-state index in [9.17, 15) is 9.59 Å². The van der Waals surface area contributed by atoms with Gasteiger partial charge in [0.05, 0.1) is 0 Å². The van der Waals surface area contributed by atoms with Crippen LogP contribution >= 0.6 is 11.6 Å². The van der Waals surface area contributed by atoms with Crippen LogP contribution in [0.5, 0.6) is 0 Å². The Labute approximate surface area is 129 Å². The number of nitrogens with one attached hydrogen (secondary N) is 1. The van der Waals surface area contributed by atoms with Crippen molar-refractivity contribution in [3.63, 3.8) is 0 Å². The fourth-order valence-corrected chi connectivity index (χ4v) is 2.67. The Bertz CT molecular complexity index is 548. The summed E-state index contributed by atoms with van der Waals surface area (Å²) in [6, 6.07) is 3.20. The molecule has 1 aliphatic rings. The number of aryl methyl sites for hydroxylation is 1. The summed E-state index contributed by atoms with van der Waals surface area (Å²) < 4.78 is 0. The van der Waals surface area contributed by atoms with Crippen LogP contribution in [-0.2, 0) is 11.2 Å². The zero-order valence-corrected chi connectivity index (χ0v) is 13.1. The number of rotatable bonds is 5. The minimum atomic E-state index is -0.187. The predicted molar refractivity (Wildman–Crippen MR) is 81.4 cm³/mol. The zero-order chi connectivity index (χ0) is 15.4. The van der Waals surface area contributed by atoms with Gasteiger partial charge in [-0.25, -0.2) is 4.98 Å². The van der Waals surface area contributed by atoms with E-state index in [1.807, 2.05) is 13.8 Å². The summed E-state index contributed by atoms with van der Waals surface area (Å²) in [4.78, 5) is 29.7. The van der Waals surface area contributed by atoms with E-state index in [-0.39, 0.29) is 17.9 Å². The topological polar surface area (TPSA) is 62.3 Å². The van der Waals surface area contributed by atoms with Crippen molar-refractivity contribution < 1.29 is 9.59 Å². The molecule has 1 atom stereocenters. The van der Waals surface area contributed by atoms with Crippen molar-refractivity contribution in [1.29, 1.82) is 0 Å². The minimum Gasteiger partial charge on any atom is -0.348 e. The van der Waals surface area contributed by atoms with Gasteiger partial charge in [-0.15, -0.1) is 0 Å². The van der Waals surface area contributed by atoms with Gasteiger partial charge < -0.3 is 10.2 Å². The Morgan fingerprint density at radius 3 is 2.90 bits per heavy atom. The maximum atomic E-state index is 12.2. The van der Waals surface area contributed by atoms with Crippen LogP contribution < -0.4 is 5.32 Å². The van der Waals surface area contributed by atoms with Gasteiger partial charge in [-0.1, -0.05) is 18.5 Å². The second-order valence-corrected chi connectivity index (χ2v) is 5.73. The van der Waals surface area contributed by atoms with Gasteiger partial charge in [0, 0.05) is 36.8 Å². The van der Waals surface area contributed by atoms with Crippen LogP contribution in [0.2, 0.25) is 5.15 Å². The first kappa shape index (κ1) is 15.8. The summed E-state index contributed by atoms with van der Waals surface area (Å²) in [5.41, 5.74) is 1.29. The summed E-state index contributed by atoms with van der Waals surface area (Å²) in [6.45, 7) is 5.18. The van der Waals surface area contributed by atoms with Crippen LogP contribution in [0.15, 0.2) is 12.1 Å². The summed E-state index contributed by atoms with van der Waals surface area (Å²) in [5.74, 6) is -0.0236. The normalized spacial score (nSPS) is 16.1. The van der Waals surface area contributed by atoms with Crippen LogP contribution in [0.1, 0.15) is 42.7 Å². The molecule has 0 saturated carbocycles. The lowest BCUT2D eigenvalue weighted by Gasteiger charge is -2.21. The van der Waals surface area contributed by atoms with Gasteiger partial charge in [0.1, 0.15) is 5.15 Å². The third kappa shape index (κ3) is 4.17. The first-order valence-electron chi connectivity index (χ1n) is 7.24. The molecule has 0 radical (unpaired) electrons. The standard InChI is InChI=1S/C15H20ClN3O2/c1-3-12-7-11(8-13(16)18-12)15(21)17-10(2)9-19-6-4-5-14(19)20/h7-8,10H,3-6,9H2,1-2H3,(H,17,21). The number of likely N-dealkylation sites (tertiary alicyclic amines) is 1. The number of hydrogen-bond acceptors (Lipinski definition) is 3. The maximum Gasteiger partial charge on any atom is 0.251 e. The number of carbonyl (C=O) groups is 2. The van der Waals surface area contributed by atoms with Crippen LogP contribution in [0.3, 0.4) is 0 Å². The highest BCUT2D eigenvalue weighted by atomic mass is 35.5. The number of aromatic nitrogens is 1. The van der Waals surface area contributed by atoms with Gasteiger partial charge in [-0.05, 0) is 31.9 Å². The van der Waals surface area contributed by atoms with Crippen LogP contribution in [0.4, 0.5) is 0 Å². The van der Waals surface area contributed by atoms with Crippen LogP contribution in [0.25, 0.3) is 0 Å². The Morgan fingerprint density at radius 2 is 2.29 bits per heavy atom. The Kier molecular flexibility index (Phi) is 5.17. The van der Waals surface area contributed by atoms with E-state index in [4.69, 9.17) is 11.6 Å². The molecule has 1 aromatic heterocycles. The van der Waals surface area contributed by atoms with Crippen LogP contribution in [0, 0.1) is 0 Å². The fourth-order valence-electron chi connectivity index (χ4n) is 2.44. The number of halogens is 1. The number of amides is 2. The maximum absolute atomic E-state index is 12.2. The molecule has 0 aromatic carbocycles. The Morgan fingerprint density at radius 1 is 1.52 bits per heavy atom. The molecule has 2 rings (SSSR count). The van der Waals surface area contributed by atoms with Crippen molar-refractivity contribution in [3.8, 4) is 0 Å². The lowest BCUT2D eigenvalue weighted by Crippen LogP contribution is -2.42. The first-order valence-corrected chi connectivity index (χ1v) is 7.62. The van der Waals surface area contributed by atoms with Crippen molar-refractivity contribution in [1.82, 2.24) is 15.2 Å². The van der Waals surface area contributed by atoms with E-state index < -0.39 is 0 Å². The molecule has 1 saturated heterocycles. The molecule has 2 amide bonds. The van der Waals surface area contributed by atoms with E-state index in [1.165, 1.54) is 0 Å². The molecular formula is C15H20ClN3O2. The Balaban J connectivity index is 1.97. The highest BCUT2D eigenvalue weighted by Crippen LogP contribution is 2.13. The summed E-state index contributed by atoms with van der Waals surface area (Å²) in [6.07, 6.45) is 2.23. The average Bonchev–Trinajstić information content (AvgIpc) is 2.83. The smallest absolute Gasteiger partial charge is 0.251 e. The molecule has 5 nitrogen and oxygen atoms in total. The van der Waals surface area contributed by atoms with Crippen molar-refractivity contribution in [2.45, 2.75) is 39.2 Å². The molecule has 1 N–H and O–H groups in total.